The summed E-state index contributed by atoms with van der Waals surface area (Å²) in [5.41, 5.74) is 0.545. The highest BCUT2D eigenvalue weighted by atomic mass is 79.9. The van der Waals surface area contributed by atoms with Crippen LogP contribution < -0.4 is 9.64 Å². The summed E-state index contributed by atoms with van der Waals surface area (Å²) in [7, 11) is 0. The number of hydrogen-bond acceptors (Lipinski definition) is 4. The van der Waals surface area contributed by atoms with Crippen molar-refractivity contribution in [3.63, 3.8) is 0 Å². The van der Waals surface area contributed by atoms with E-state index in [-0.39, 0.29) is 5.88 Å². The minimum absolute atomic E-state index is 0.204. The molecular formula is C11H15BrClF2N3O. The smallest absolute Gasteiger partial charge is 0.413 e. The van der Waals surface area contributed by atoms with Gasteiger partial charge in [0.2, 0.25) is 11.8 Å². The number of rotatable bonds is 6. The molecule has 0 bridgehead atoms. The van der Waals surface area contributed by atoms with Crippen molar-refractivity contribution in [2.24, 2.45) is 0 Å². The molecule has 108 valence electrons. The highest BCUT2D eigenvalue weighted by Crippen LogP contribution is 2.31. The fourth-order valence-corrected chi connectivity index (χ4v) is 1.55. The van der Waals surface area contributed by atoms with Gasteiger partial charge in [-0.3, -0.25) is 0 Å². The number of ether oxygens (including phenoxy) is 1. The Morgan fingerprint density at radius 3 is 2.47 bits per heavy atom. The van der Waals surface area contributed by atoms with Crippen LogP contribution in [0.3, 0.4) is 0 Å². The molecule has 1 rings (SSSR count). The number of hydrogen-bond donors (Lipinski definition) is 0. The minimum Gasteiger partial charge on any atom is -0.413 e. The summed E-state index contributed by atoms with van der Waals surface area (Å²) in [6.07, 6.45) is -3.55. The van der Waals surface area contributed by atoms with Gasteiger partial charge in [-0.05, 0) is 20.8 Å². The molecule has 0 amide bonds. The third kappa shape index (κ3) is 4.42. The highest BCUT2D eigenvalue weighted by molar-refractivity contribution is 9.10. The van der Waals surface area contributed by atoms with Crippen LogP contribution in [0.2, 0.25) is 0 Å². The molecule has 8 heteroatoms. The van der Waals surface area contributed by atoms with Gasteiger partial charge in [-0.2, -0.15) is 13.8 Å². The van der Waals surface area contributed by atoms with Crippen molar-refractivity contribution < 1.29 is 13.5 Å². The van der Waals surface area contributed by atoms with E-state index in [1.165, 1.54) is 6.07 Å². The number of halogens is 4. The van der Waals surface area contributed by atoms with Crippen LogP contribution in [-0.4, -0.2) is 33.5 Å². The van der Waals surface area contributed by atoms with Crippen LogP contribution >= 0.6 is 27.5 Å². The lowest BCUT2D eigenvalue weighted by Gasteiger charge is -2.22. The van der Waals surface area contributed by atoms with Crippen LogP contribution in [0.1, 0.15) is 19.5 Å². The topological polar surface area (TPSA) is 38.2 Å². The van der Waals surface area contributed by atoms with Crippen LogP contribution in [0, 0.1) is 6.92 Å². The van der Waals surface area contributed by atoms with Crippen molar-refractivity contribution in [1.29, 1.82) is 0 Å². The second-order valence-electron chi connectivity index (χ2n) is 3.78. The highest BCUT2D eigenvalue weighted by Gasteiger charge is 2.40. The largest absolute Gasteiger partial charge is 0.425 e. The molecule has 19 heavy (non-hydrogen) atoms. The summed E-state index contributed by atoms with van der Waals surface area (Å²) in [6.45, 7) is 6.89. The summed E-state index contributed by atoms with van der Waals surface area (Å²) < 4.78 is 29.7. The van der Waals surface area contributed by atoms with Crippen molar-refractivity contribution in [1.82, 2.24) is 9.97 Å². The predicted molar refractivity (Wildman–Crippen MR) is 74.5 cm³/mol. The van der Waals surface area contributed by atoms with E-state index in [2.05, 4.69) is 30.6 Å². The molecule has 0 saturated carbocycles. The van der Waals surface area contributed by atoms with Gasteiger partial charge in [-0.1, -0.05) is 27.5 Å². The molecule has 0 aromatic carbocycles. The number of anilines is 1. The number of alkyl halides is 4. The SMILES string of the molecule is CCN(CC)c1nc(C)cc(OC(F)(F)C(Cl)Br)n1. The first kappa shape index (κ1) is 16.4. The van der Waals surface area contributed by atoms with Crippen molar-refractivity contribution in [3.8, 4) is 5.88 Å². The molecule has 0 spiro atoms. The first-order valence-electron chi connectivity index (χ1n) is 5.75. The maximum Gasteiger partial charge on any atom is 0.425 e. The monoisotopic (exact) mass is 357 g/mol. The fraction of sp³-hybridized carbons (Fsp3) is 0.636. The molecule has 1 aromatic heterocycles. The maximum absolute atomic E-state index is 13.4. The Bertz CT molecular complexity index is 430. The maximum atomic E-state index is 13.4. The zero-order valence-electron chi connectivity index (χ0n) is 10.8. The Labute approximate surface area is 124 Å². The lowest BCUT2D eigenvalue weighted by atomic mass is 10.4. The molecule has 0 radical (unpaired) electrons. The van der Waals surface area contributed by atoms with Gasteiger partial charge in [0.1, 0.15) is 0 Å². The Morgan fingerprint density at radius 2 is 2.00 bits per heavy atom. The third-order valence-electron chi connectivity index (χ3n) is 2.36. The van der Waals surface area contributed by atoms with E-state index in [9.17, 15) is 8.78 Å². The molecular weight excluding hydrogens is 343 g/mol. The zero-order chi connectivity index (χ0) is 14.6. The van der Waals surface area contributed by atoms with Crippen LogP contribution in [0.25, 0.3) is 0 Å². The second kappa shape index (κ2) is 6.65. The van der Waals surface area contributed by atoms with Gasteiger partial charge in [0, 0.05) is 24.8 Å². The van der Waals surface area contributed by atoms with E-state index in [0.29, 0.717) is 24.7 Å². The average molecular weight is 359 g/mol. The van der Waals surface area contributed by atoms with Gasteiger partial charge in [0.05, 0.1) is 0 Å². The van der Waals surface area contributed by atoms with Gasteiger partial charge >= 0.3 is 6.11 Å². The Balaban J connectivity index is 3.03. The van der Waals surface area contributed by atoms with Crippen LogP contribution in [0.15, 0.2) is 6.07 Å². The van der Waals surface area contributed by atoms with Crippen molar-refractivity contribution >= 4 is 33.5 Å². The number of aromatic nitrogens is 2. The second-order valence-corrected chi connectivity index (χ2v) is 5.66. The molecule has 0 aliphatic heterocycles. The van der Waals surface area contributed by atoms with E-state index < -0.39 is 10.4 Å². The molecule has 0 aliphatic rings. The number of aryl methyl sites for hydroxylation is 1. The van der Waals surface area contributed by atoms with E-state index in [0.717, 1.165) is 0 Å². The zero-order valence-corrected chi connectivity index (χ0v) is 13.2. The minimum atomic E-state index is -3.55. The Kier molecular flexibility index (Phi) is 5.73. The summed E-state index contributed by atoms with van der Waals surface area (Å²) in [5, 5.41) is 0. The molecule has 1 aromatic rings. The normalized spacial score (nSPS) is 13.2. The van der Waals surface area contributed by atoms with E-state index in [1.807, 2.05) is 18.7 Å². The fourth-order valence-electron chi connectivity index (χ4n) is 1.41. The number of nitrogens with zero attached hydrogens (tertiary/aromatic N) is 3. The summed E-state index contributed by atoms with van der Waals surface area (Å²) >= 11 is 7.89. The first-order valence-corrected chi connectivity index (χ1v) is 7.11. The van der Waals surface area contributed by atoms with Gasteiger partial charge in [-0.25, -0.2) is 4.98 Å². The van der Waals surface area contributed by atoms with Gasteiger partial charge in [-0.15, -0.1) is 0 Å². The molecule has 0 fully saturated rings. The summed E-state index contributed by atoms with van der Waals surface area (Å²) in [4.78, 5) is 10.0. The van der Waals surface area contributed by atoms with Crippen molar-refractivity contribution in [3.05, 3.63) is 11.8 Å². The summed E-state index contributed by atoms with van der Waals surface area (Å²) in [6, 6.07) is 1.34. The van der Waals surface area contributed by atoms with Crippen LogP contribution in [0.5, 0.6) is 5.88 Å². The van der Waals surface area contributed by atoms with Crippen molar-refractivity contribution in [2.75, 3.05) is 18.0 Å². The van der Waals surface area contributed by atoms with Crippen LogP contribution in [-0.2, 0) is 0 Å². The lowest BCUT2D eigenvalue weighted by molar-refractivity contribution is -0.163. The molecule has 1 atom stereocenters. The Morgan fingerprint density at radius 1 is 1.42 bits per heavy atom. The van der Waals surface area contributed by atoms with Gasteiger partial charge < -0.3 is 9.64 Å². The molecule has 1 unspecified atom stereocenters. The quantitative estimate of drug-likeness (QED) is 0.729. The summed E-state index contributed by atoms with van der Waals surface area (Å²) in [5.74, 6) is 0.154. The van der Waals surface area contributed by atoms with Crippen LogP contribution in [0.4, 0.5) is 14.7 Å². The van der Waals surface area contributed by atoms with Gasteiger partial charge in [0.25, 0.3) is 0 Å². The Hall–Kier alpha value is -0.690. The average Bonchev–Trinajstić information content (AvgIpc) is 2.28. The molecule has 0 N–H and O–H groups in total. The predicted octanol–water partition coefficient (Wildman–Crippen LogP) is 3.56. The molecule has 0 saturated heterocycles. The molecule has 0 aliphatic carbocycles. The third-order valence-corrected chi connectivity index (χ3v) is 3.15. The standard InChI is InChI=1S/C11H15BrClF2N3O/c1-4-18(5-2)10-16-7(3)6-8(17-10)19-11(14,15)9(12)13/h6,9H,4-5H2,1-3H3. The molecule has 4 nitrogen and oxygen atoms in total. The van der Waals surface area contributed by atoms with Crippen molar-refractivity contribution in [2.45, 2.75) is 31.2 Å². The lowest BCUT2D eigenvalue weighted by Crippen LogP contribution is -2.32. The first-order chi connectivity index (χ1) is 8.80. The van der Waals surface area contributed by atoms with E-state index in [1.54, 1.807) is 6.92 Å². The van der Waals surface area contributed by atoms with Gasteiger partial charge in [0.15, 0.2) is 4.29 Å². The van der Waals surface area contributed by atoms with E-state index in [4.69, 9.17) is 11.6 Å². The molecule has 1 heterocycles. The van der Waals surface area contributed by atoms with E-state index >= 15 is 0 Å².